The highest BCUT2D eigenvalue weighted by molar-refractivity contribution is 9.10. The number of ether oxygens (including phenoxy) is 2. The summed E-state index contributed by atoms with van der Waals surface area (Å²) in [6.45, 7) is 0. The first-order chi connectivity index (χ1) is 8.67. The quantitative estimate of drug-likeness (QED) is 0.813. The molecule has 18 heavy (non-hydrogen) atoms. The van der Waals surface area contributed by atoms with Gasteiger partial charge < -0.3 is 13.9 Å². The predicted octanol–water partition coefficient (Wildman–Crippen LogP) is 3.29. The van der Waals surface area contributed by atoms with E-state index < -0.39 is 0 Å². The third-order valence-corrected chi connectivity index (χ3v) is 3.13. The first-order valence-electron chi connectivity index (χ1n) is 5.17. The molecule has 0 aliphatic rings. The second-order valence-electron chi connectivity index (χ2n) is 3.50. The fourth-order valence-corrected chi connectivity index (χ4v) is 2.01. The molecule has 94 valence electrons. The van der Waals surface area contributed by atoms with Gasteiger partial charge in [-0.1, -0.05) is 0 Å². The SMILES string of the molecule is COc1ccc(C(=O)c2ccoc2Br)c(OC)c1. The van der Waals surface area contributed by atoms with Crippen LogP contribution in [0.1, 0.15) is 15.9 Å². The van der Waals surface area contributed by atoms with Gasteiger partial charge in [-0.15, -0.1) is 0 Å². The summed E-state index contributed by atoms with van der Waals surface area (Å²) in [4.78, 5) is 12.3. The molecule has 0 saturated carbocycles. The smallest absolute Gasteiger partial charge is 0.201 e. The summed E-state index contributed by atoms with van der Waals surface area (Å²) in [5, 5.41) is 0. The van der Waals surface area contributed by atoms with E-state index in [2.05, 4.69) is 15.9 Å². The molecule has 0 unspecified atom stereocenters. The van der Waals surface area contributed by atoms with Crippen molar-refractivity contribution in [2.75, 3.05) is 14.2 Å². The highest BCUT2D eigenvalue weighted by atomic mass is 79.9. The van der Waals surface area contributed by atoms with Crippen LogP contribution < -0.4 is 9.47 Å². The van der Waals surface area contributed by atoms with Crippen molar-refractivity contribution in [1.82, 2.24) is 0 Å². The van der Waals surface area contributed by atoms with E-state index >= 15 is 0 Å². The molecule has 2 aromatic rings. The first-order valence-corrected chi connectivity index (χ1v) is 5.96. The van der Waals surface area contributed by atoms with Crippen LogP contribution in [0, 0.1) is 0 Å². The maximum Gasteiger partial charge on any atom is 0.201 e. The number of methoxy groups -OCH3 is 2. The lowest BCUT2D eigenvalue weighted by molar-refractivity contribution is 0.103. The molecule has 0 fully saturated rings. The lowest BCUT2D eigenvalue weighted by atomic mass is 10.0. The van der Waals surface area contributed by atoms with E-state index in [1.54, 1.807) is 31.4 Å². The molecule has 5 heteroatoms. The number of carbonyl (C=O) groups excluding carboxylic acids is 1. The molecule has 0 amide bonds. The Morgan fingerprint density at radius 2 is 1.94 bits per heavy atom. The summed E-state index contributed by atoms with van der Waals surface area (Å²) in [6.07, 6.45) is 1.45. The highest BCUT2D eigenvalue weighted by Gasteiger charge is 2.19. The summed E-state index contributed by atoms with van der Waals surface area (Å²) in [7, 11) is 3.07. The number of furan rings is 1. The van der Waals surface area contributed by atoms with Gasteiger partial charge in [-0.2, -0.15) is 0 Å². The van der Waals surface area contributed by atoms with Gasteiger partial charge in [-0.05, 0) is 34.1 Å². The summed E-state index contributed by atoms with van der Waals surface area (Å²) >= 11 is 3.19. The number of hydrogen-bond acceptors (Lipinski definition) is 4. The Morgan fingerprint density at radius 3 is 2.50 bits per heavy atom. The summed E-state index contributed by atoms with van der Waals surface area (Å²) in [5.41, 5.74) is 0.916. The van der Waals surface area contributed by atoms with Crippen LogP contribution in [0.15, 0.2) is 39.6 Å². The number of benzene rings is 1. The van der Waals surface area contributed by atoms with Gasteiger partial charge in [0, 0.05) is 6.07 Å². The van der Waals surface area contributed by atoms with Gasteiger partial charge in [0.15, 0.2) is 4.67 Å². The van der Waals surface area contributed by atoms with Gasteiger partial charge in [-0.3, -0.25) is 4.79 Å². The normalized spacial score (nSPS) is 10.2. The van der Waals surface area contributed by atoms with Crippen molar-refractivity contribution < 1.29 is 18.7 Å². The van der Waals surface area contributed by atoms with Gasteiger partial charge in [0.25, 0.3) is 0 Å². The minimum Gasteiger partial charge on any atom is -0.497 e. The van der Waals surface area contributed by atoms with Gasteiger partial charge in [-0.25, -0.2) is 0 Å². The van der Waals surface area contributed by atoms with E-state index in [0.29, 0.717) is 27.3 Å². The van der Waals surface area contributed by atoms with Gasteiger partial charge in [0.1, 0.15) is 11.5 Å². The summed E-state index contributed by atoms with van der Waals surface area (Å²) < 4.78 is 15.8. The highest BCUT2D eigenvalue weighted by Crippen LogP contribution is 2.29. The van der Waals surface area contributed by atoms with E-state index in [0.717, 1.165) is 0 Å². The van der Waals surface area contributed by atoms with Crippen molar-refractivity contribution in [2.45, 2.75) is 0 Å². The van der Waals surface area contributed by atoms with E-state index in [9.17, 15) is 4.79 Å². The number of hydrogen-bond donors (Lipinski definition) is 0. The Kier molecular flexibility index (Phi) is 3.72. The molecule has 4 nitrogen and oxygen atoms in total. The third kappa shape index (κ3) is 2.26. The van der Waals surface area contributed by atoms with Crippen LogP contribution in [-0.2, 0) is 0 Å². The summed E-state index contributed by atoms with van der Waals surface area (Å²) in [6, 6.07) is 6.65. The van der Waals surface area contributed by atoms with E-state index in [-0.39, 0.29) is 5.78 Å². The predicted molar refractivity (Wildman–Crippen MR) is 69.4 cm³/mol. The van der Waals surface area contributed by atoms with Crippen LogP contribution in [0.4, 0.5) is 0 Å². The summed E-state index contributed by atoms with van der Waals surface area (Å²) in [5.74, 6) is 0.928. The Labute approximate surface area is 113 Å². The number of carbonyl (C=O) groups is 1. The third-order valence-electron chi connectivity index (χ3n) is 2.52. The van der Waals surface area contributed by atoms with Crippen LogP contribution in [0.25, 0.3) is 0 Å². The second-order valence-corrected chi connectivity index (χ2v) is 4.22. The zero-order chi connectivity index (χ0) is 13.1. The Morgan fingerprint density at radius 1 is 1.17 bits per heavy atom. The maximum absolute atomic E-state index is 12.3. The lowest BCUT2D eigenvalue weighted by Gasteiger charge is -2.08. The van der Waals surface area contributed by atoms with Gasteiger partial charge in [0.2, 0.25) is 5.78 Å². The fraction of sp³-hybridized carbons (Fsp3) is 0.154. The molecule has 1 heterocycles. The molecule has 0 N–H and O–H groups in total. The molecule has 0 atom stereocenters. The first kappa shape index (κ1) is 12.7. The minimum absolute atomic E-state index is 0.171. The van der Waals surface area contributed by atoms with Crippen molar-refractivity contribution in [2.24, 2.45) is 0 Å². The average Bonchev–Trinajstić information content (AvgIpc) is 2.83. The van der Waals surface area contributed by atoms with E-state index in [1.165, 1.54) is 13.4 Å². The average molecular weight is 311 g/mol. The Bertz CT molecular complexity index is 574. The number of ketones is 1. The Balaban J connectivity index is 2.45. The van der Waals surface area contributed by atoms with Gasteiger partial charge in [0.05, 0.1) is 31.6 Å². The van der Waals surface area contributed by atoms with Crippen LogP contribution >= 0.6 is 15.9 Å². The minimum atomic E-state index is -0.171. The molecule has 0 aliphatic carbocycles. The number of rotatable bonds is 4. The van der Waals surface area contributed by atoms with E-state index in [4.69, 9.17) is 13.9 Å². The van der Waals surface area contributed by atoms with Crippen LogP contribution in [0.3, 0.4) is 0 Å². The lowest BCUT2D eigenvalue weighted by Crippen LogP contribution is -2.03. The molecule has 0 spiro atoms. The van der Waals surface area contributed by atoms with Crippen LogP contribution in [0.5, 0.6) is 11.5 Å². The largest absolute Gasteiger partial charge is 0.497 e. The molecule has 0 bridgehead atoms. The van der Waals surface area contributed by atoms with Crippen molar-refractivity contribution in [3.8, 4) is 11.5 Å². The molecule has 1 aromatic heterocycles. The van der Waals surface area contributed by atoms with E-state index in [1.807, 2.05) is 0 Å². The molecule has 1 aromatic carbocycles. The van der Waals surface area contributed by atoms with Crippen molar-refractivity contribution in [1.29, 1.82) is 0 Å². The van der Waals surface area contributed by atoms with Gasteiger partial charge >= 0.3 is 0 Å². The zero-order valence-corrected chi connectivity index (χ0v) is 11.5. The Hall–Kier alpha value is -1.75. The molecule has 0 saturated heterocycles. The molecule has 0 radical (unpaired) electrons. The zero-order valence-electron chi connectivity index (χ0n) is 9.90. The molecule has 0 aliphatic heterocycles. The van der Waals surface area contributed by atoms with Crippen molar-refractivity contribution in [3.05, 3.63) is 46.3 Å². The number of halogens is 1. The van der Waals surface area contributed by atoms with Crippen molar-refractivity contribution in [3.63, 3.8) is 0 Å². The second kappa shape index (κ2) is 5.27. The molecular formula is C13H11BrO4. The molecular weight excluding hydrogens is 300 g/mol. The topological polar surface area (TPSA) is 48.7 Å². The van der Waals surface area contributed by atoms with Crippen LogP contribution in [-0.4, -0.2) is 20.0 Å². The standard InChI is InChI=1S/C13H11BrO4/c1-16-8-3-4-9(11(7-8)17-2)12(15)10-5-6-18-13(10)14/h3-7H,1-2H3. The van der Waals surface area contributed by atoms with Crippen molar-refractivity contribution >= 4 is 21.7 Å². The molecule has 2 rings (SSSR count). The fourth-order valence-electron chi connectivity index (χ4n) is 1.59. The monoisotopic (exact) mass is 310 g/mol. The maximum atomic E-state index is 12.3. The van der Waals surface area contributed by atoms with Crippen LogP contribution in [0.2, 0.25) is 0 Å².